The second-order valence-corrected chi connectivity index (χ2v) is 14.7. The van der Waals surface area contributed by atoms with Crippen molar-refractivity contribution >= 4 is 41.0 Å². The number of amides is 3. The molecule has 0 atom stereocenters. The van der Waals surface area contributed by atoms with E-state index in [9.17, 15) is 14.4 Å². The molecular weight excluding hydrogens is 717 g/mol. The molecule has 1 saturated heterocycles. The molecule has 3 fully saturated rings. The highest BCUT2D eigenvalue weighted by molar-refractivity contribution is 6.02. The van der Waals surface area contributed by atoms with Crippen LogP contribution in [0.1, 0.15) is 67.3 Å². The number of carbonyl (C=O) groups is 3. The number of piperazine rings is 1. The van der Waals surface area contributed by atoms with Gasteiger partial charge in [0.2, 0.25) is 5.95 Å². The van der Waals surface area contributed by atoms with E-state index in [4.69, 9.17) is 9.47 Å². The van der Waals surface area contributed by atoms with Crippen molar-refractivity contribution in [3.8, 4) is 5.75 Å². The highest BCUT2D eigenvalue weighted by Crippen LogP contribution is 2.40. The highest BCUT2D eigenvalue weighted by atomic mass is 19.3. The summed E-state index contributed by atoms with van der Waals surface area (Å²) in [6.45, 7) is 2.10. The Bertz CT molecular complexity index is 1870. The molecule has 3 heterocycles. The van der Waals surface area contributed by atoms with Gasteiger partial charge in [0.05, 0.1) is 31.1 Å². The molecule has 4 aliphatic rings. The first kappa shape index (κ1) is 38.2. The summed E-state index contributed by atoms with van der Waals surface area (Å²) in [6.07, 6.45) is 7.32. The minimum atomic E-state index is -3.62. The summed E-state index contributed by atoms with van der Waals surface area (Å²) in [7, 11) is 2.66. The van der Waals surface area contributed by atoms with Gasteiger partial charge in [0.25, 0.3) is 11.8 Å². The zero-order valence-corrected chi connectivity index (χ0v) is 31.1. The number of nitrogens with zero attached hydrogens (tertiary/aromatic N) is 6. The van der Waals surface area contributed by atoms with Crippen LogP contribution in [-0.2, 0) is 16.1 Å². The zero-order valence-electron chi connectivity index (χ0n) is 31.1. The molecule has 2 aliphatic carbocycles. The highest BCUT2D eigenvalue weighted by Gasteiger charge is 2.49. The van der Waals surface area contributed by atoms with Crippen LogP contribution in [0.25, 0.3) is 0 Å². The Kier molecular flexibility index (Phi) is 11.3. The quantitative estimate of drug-likeness (QED) is 0.279. The summed E-state index contributed by atoms with van der Waals surface area (Å²) in [5.74, 6) is -5.97. The number of alkyl halides is 2. The van der Waals surface area contributed by atoms with Crippen LogP contribution in [0.15, 0.2) is 48.7 Å². The summed E-state index contributed by atoms with van der Waals surface area (Å²) in [4.78, 5) is 53.9. The number of ether oxygens (including phenoxy) is 2. The molecule has 0 radical (unpaired) electrons. The van der Waals surface area contributed by atoms with Crippen LogP contribution in [0.5, 0.6) is 5.75 Å². The van der Waals surface area contributed by atoms with Crippen molar-refractivity contribution in [2.24, 2.45) is 0 Å². The molecule has 294 valence electrons. The summed E-state index contributed by atoms with van der Waals surface area (Å²) in [6, 6.07) is 12.0. The van der Waals surface area contributed by atoms with Gasteiger partial charge in [-0.2, -0.15) is 13.8 Å². The van der Waals surface area contributed by atoms with Gasteiger partial charge in [-0.3, -0.25) is 14.5 Å². The van der Waals surface area contributed by atoms with E-state index in [1.54, 1.807) is 4.90 Å². The molecule has 7 rings (SSSR count). The standard InChI is InChI=1S/C39H47F3N8O5/c1-47-32-22-43-37(46-34(32)50(28-10-6-7-11-28)24-39(41,42)36(47)52)45-31-21-30(40)29(20-33(31)54-2)35(51)44-26-12-14-27(15-13-26)48-16-18-49(19-17-48)38(53)55-23-25-8-4-3-5-9-25/h3-5,8-9,20-22,26-28H,6-7,10-19,23-24H2,1-2H3,(H,44,51)(H,43,45,46). The Morgan fingerprint density at radius 1 is 0.964 bits per heavy atom. The van der Waals surface area contributed by atoms with Crippen LogP contribution in [0.4, 0.5) is 41.1 Å². The SMILES string of the molecule is COc1cc(C(=O)NC2CCC(N3CCN(C(=O)OCc4ccccc4)CC3)CC2)c(F)cc1Nc1ncc2c(n1)N(C1CCCC1)CC(F)(F)C(=O)N2C. The average molecular weight is 765 g/mol. The van der Waals surface area contributed by atoms with Gasteiger partial charge < -0.3 is 34.8 Å². The van der Waals surface area contributed by atoms with Crippen molar-refractivity contribution in [1.82, 2.24) is 25.1 Å². The molecule has 13 nitrogen and oxygen atoms in total. The molecule has 3 aromatic rings. The van der Waals surface area contributed by atoms with Gasteiger partial charge in [-0.1, -0.05) is 43.2 Å². The molecule has 16 heteroatoms. The van der Waals surface area contributed by atoms with Crippen LogP contribution in [0.3, 0.4) is 0 Å². The topological polar surface area (TPSA) is 132 Å². The lowest BCUT2D eigenvalue weighted by molar-refractivity contribution is -0.140. The predicted octanol–water partition coefficient (Wildman–Crippen LogP) is 5.72. The summed E-state index contributed by atoms with van der Waals surface area (Å²) < 4.78 is 56.6. The average Bonchev–Trinajstić information content (AvgIpc) is 3.72. The van der Waals surface area contributed by atoms with Crippen molar-refractivity contribution in [2.75, 3.05) is 62.0 Å². The molecule has 1 aromatic heterocycles. The van der Waals surface area contributed by atoms with Crippen molar-refractivity contribution in [1.29, 1.82) is 0 Å². The van der Waals surface area contributed by atoms with Gasteiger partial charge in [-0.05, 0) is 50.2 Å². The van der Waals surface area contributed by atoms with Crippen molar-refractivity contribution < 1.29 is 37.0 Å². The lowest BCUT2D eigenvalue weighted by Crippen LogP contribution is -2.53. The molecule has 0 spiro atoms. The van der Waals surface area contributed by atoms with E-state index in [1.165, 1.54) is 31.3 Å². The van der Waals surface area contributed by atoms with Crippen LogP contribution < -0.4 is 25.2 Å². The van der Waals surface area contributed by atoms with Gasteiger partial charge in [-0.15, -0.1) is 0 Å². The molecular formula is C39H47F3N8O5. The predicted molar refractivity (Wildman–Crippen MR) is 200 cm³/mol. The summed E-state index contributed by atoms with van der Waals surface area (Å²) in [5.41, 5.74) is 1.05. The van der Waals surface area contributed by atoms with E-state index in [0.29, 0.717) is 32.0 Å². The van der Waals surface area contributed by atoms with Crippen LogP contribution >= 0.6 is 0 Å². The van der Waals surface area contributed by atoms with E-state index < -0.39 is 30.1 Å². The monoisotopic (exact) mass is 764 g/mol. The largest absolute Gasteiger partial charge is 0.495 e. The molecule has 0 unspecified atom stereocenters. The Morgan fingerprint density at radius 3 is 2.36 bits per heavy atom. The third-order valence-corrected chi connectivity index (χ3v) is 11.2. The normalized spacial score (nSPS) is 21.8. The third-order valence-electron chi connectivity index (χ3n) is 11.2. The first-order chi connectivity index (χ1) is 26.5. The van der Waals surface area contributed by atoms with Gasteiger partial charge >= 0.3 is 12.0 Å². The maximum Gasteiger partial charge on any atom is 0.410 e. The fraction of sp³-hybridized carbons (Fsp3) is 0.513. The molecule has 2 aromatic carbocycles. The number of rotatable bonds is 9. The molecule has 55 heavy (non-hydrogen) atoms. The van der Waals surface area contributed by atoms with E-state index in [1.807, 2.05) is 30.3 Å². The minimum Gasteiger partial charge on any atom is -0.495 e. The number of halogens is 3. The first-order valence-electron chi connectivity index (χ1n) is 19.0. The molecule has 2 aliphatic heterocycles. The zero-order chi connectivity index (χ0) is 38.7. The second kappa shape index (κ2) is 16.3. The van der Waals surface area contributed by atoms with Gasteiger partial charge in [0, 0.05) is 57.4 Å². The lowest BCUT2D eigenvalue weighted by atomic mass is 9.89. The van der Waals surface area contributed by atoms with Crippen molar-refractivity contribution in [2.45, 2.75) is 82.0 Å². The van der Waals surface area contributed by atoms with Gasteiger partial charge in [0.15, 0.2) is 5.82 Å². The van der Waals surface area contributed by atoms with Crippen molar-refractivity contribution in [3.05, 3.63) is 65.6 Å². The Balaban J connectivity index is 0.945. The van der Waals surface area contributed by atoms with Gasteiger partial charge in [-0.25, -0.2) is 14.2 Å². The minimum absolute atomic E-state index is 0.0103. The number of benzene rings is 2. The molecule has 2 saturated carbocycles. The number of hydrogen-bond donors (Lipinski definition) is 2. The Labute approximate surface area is 318 Å². The number of carbonyl (C=O) groups excluding carboxylic acids is 3. The second-order valence-electron chi connectivity index (χ2n) is 14.7. The molecule has 3 amide bonds. The maximum absolute atomic E-state index is 15.6. The number of aromatic nitrogens is 2. The fourth-order valence-corrected chi connectivity index (χ4v) is 8.15. The summed E-state index contributed by atoms with van der Waals surface area (Å²) in [5, 5.41) is 5.92. The van der Waals surface area contributed by atoms with E-state index in [2.05, 4.69) is 25.5 Å². The molecule has 2 N–H and O–H groups in total. The lowest BCUT2D eigenvalue weighted by Gasteiger charge is -2.41. The molecule has 0 bridgehead atoms. The number of hydrogen-bond acceptors (Lipinski definition) is 10. The van der Waals surface area contributed by atoms with Crippen LogP contribution in [-0.4, -0.2) is 109 Å². The van der Waals surface area contributed by atoms with E-state index in [0.717, 1.165) is 68.1 Å². The van der Waals surface area contributed by atoms with Crippen LogP contribution in [0, 0.1) is 5.82 Å². The maximum atomic E-state index is 15.6. The first-order valence-corrected chi connectivity index (χ1v) is 19.0. The van der Waals surface area contributed by atoms with Crippen molar-refractivity contribution in [3.63, 3.8) is 0 Å². The van der Waals surface area contributed by atoms with E-state index in [-0.39, 0.29) is 59.2 Å². The number of fused-ring (bicyclic) bond motifs is 1. The summed E-state index contributed by atoms with van der Waals surface area (Å²) >= 11 is 0. The number of anilines is 4. The fourth-order valence-electron chi connectivity index (χ4n) is 8.15. The Hall–Kier alpha value is -5.12. The smallest absolute Gasteiger partial charge is 0.410 e. The van der Waals surface area contributed by atoms with Crippen LogP contribution in [0.2, 0.25) is 0 Å². The number of nitrogens with one attached hydrogen (secondary N) is 2. The number of methoxy groups -OCH3 is 1. The Morgan fingerprint density at radius 2 is 1.67 bits per heavy atom. The van der Waals surface area contributed by atoms with E-state index >= 15 is 13.2 Å². The third kappa shape index (κ3) is 8.43. The van der Waals surface area contributed by atoms with Gasteiger partial charge in [0.1, 0.15) is 23.9 Å².